The van der Waals surface area contributed by atoms with E-state index in [4.69, 9.17) is 19.9 Å². The molecule has 0 unspecified atom stereocenters. The van der Waals surface area contributed by atoms with Gasteiger partial charge < -0.3 is 0 Å². The highest BCUT2D eigenvalue weighted by atomic mass is 32.1. The first-order valence-corrected chi connectivity index (χ1v) is 14.3. The van der Waals surface area contributed by atoms with E-state index in [0.29, 0.717) is 17.5 Å². The molecule has 0 aliphatic carbocycles. The lowest BCUT2D eigenvalue weighted by atomic mass is 10.1. The third kappa shape index (κ3) is 4.33. The fourth-order valence-electron chi connectivity index (χ4n) is 5.24. The van der Waals surface area contributed by atoms with E-state index in [2.05, 4.69) is 97.1 Å². The van der Waals surface area contributed by atoms with Crippen molar-refractivity contribution in [1.82, 2.24) is 19.9 Å². The number of thiazole rings is 1. The maximum atomic E-state index is 4.99. The fourth-order valence-corrected chi connectivity index (χ4v) is 6.34. The molecule has 0 saturated heterocycles. The molecule has 4 nitrogen and oxygen atoms in total. The van der Waals surface area contributed by atoms with Crippen LogP contribution in [0.25, 0.3) is 76.5 Å². The van der Waals surface area contributed by atoms with Crippen molar-refractivity contribution < 1.29 is 0 Å². The Labute approximate surface area is 240 Å². The first-order valence-electron chi connectivity index (χ1n) is 13.5. The smallest absolute Gasteiger partial charge is 0.164 e. The van der Waals surface area contributed by atoms with Gasteiger partial charge in [0.25, 0.3) is 0 Å². The van der Waals surface area contributed by atoms with Gasteiger partial charge in [-0.25, -0.2) is 19.9 Å². The first kappa shape index (κ1) is 23.6. The van der Waals surface area contributed by atoms with Crippen molar-refractivity contribution in [3.05, 3.63) is 133 Å². The normalized spacial score (nSPS) is 11.4. The van der Waals surface area contributed by atoms with Crippen LogP contribution in [0.4, 0.5) is 0 Å². The lowest BCUT2D eigenvalue weighted by Gasteiger charge is -2.10. The van der Waals surface area contributed by atoms with Crippen LogP contribution in [0.3, 0.4) is 0 Å². The molecule has 8 rings (SSSR count). The summed E-state index contributed by atoms with van der Waals surface area (Å²) < 4.78 is 1.19. The maximum Gasteiger partial charge on any atom is 0.164 e. The van der Waals surface area contributed by atoms with Crippen LogP contribution in [0, 0.1) is 0 Å². The summed E-state index contributed by atoms with van der Waals surface area (Å²) in [6, 6.07) is 45.8. The molecule has 0 saturated carbocycles. The number of fused-ring (bicyclic) bond motifs is 4. The number of rotatable bonds is 4. The molecule has 0 aliphatic rings. The zero-order valence-corrected chi connectivity index (χ0v) is 22.7. The second kappa shape index (κ2) is 9.73. The summed E-state index contributed by atoms with van der Waals surface area (Å²) in [5, 5.41) is 5.68. The highest BCUT2D eigenvalue weighted by Crippen LogP contribution is 2.36. The van der Waals surface area contributed by atoms with Crippen LogP contribution in [0.1, 0.15) is 0 Å². The summed E-state index contributed by atoms with van der Waals surface area (Å²) in [4.78, 5) is 19.8. The van der Waals surface area contributed by atoms with Crippen molar-refractivity contribution in [1.29, 1.82) is 0 Å². The first-order chi connectivity index (χ1) is 20.3. The average Bonchev–Trinajstić information content (AvgIpc) is 3.50. The molecule has 8 aromatic rings. The minimum atomic E-state index is 0.651. The molecule has 0 radical (unpaired) electrons. The van der Waals surface area contributed by atoms with Crippen molar-refractivity contribution in [2.24, 2.45) is 0 Å². The Hall–Kier alpha value is -5.26. The second-order valence-corrected chi connectivity index (χ2v) is 11.0. The van der Waals surface area contributed by atoms with Gasteiger partial charge in [0.1, 0.15) is 5.01 Å². The van der Waals surface area contributed by atoms with E-state index in [0.717, 1.165) is 43.6 Å². The monoisotopic (exact) mass is 542 g/mol. The van der Waals surface area contributed by atoms with Crippen LogP contribution in [-0.4, -0.2) is 19.9 Å². The number of hydrogen-bond acceptors (Lipinski definition) is 5. The molecule has 0 fully saturated rings. The van der Waals surface area contributed by atoms with E-state index in [1.54, 1.807) is 11.3 Å². The van der Waals surface area contributed by atoms with E-state index >= 15 is 0 Å². The van der Waals surface area contributed by atoms with Gasteiger partial charge in [0.15, 0.2) is 17.5 Å². The van der Waals surface area contributed by atoms with E-state index in [1.807, 2.05) is 36.4 Å². The van der Waals surface area contributed by atoms with Gasteiger partial charge in [-0.3, -0.25) is 0 Å². The Kier molecular flexibility index (Phi) is 5.61. The molecule has 6 aromatic carbocycles. The molecule has 0 atom stereocenters. The highest BCUT2D eigenvalue weighted by molar-refractivity contribution is 7.22. The topological polar surface area (TPSA) is 51.6 Å². The Morgan fingerprint density at radius 2 is 0.951 bits per heavy atom. The predicted octanol–water partition coefficient (Wildman–Crippen LogP) is 9.46. The SMILES string of the molecule is c1ccc(-c2nc(-c3ccc4ccccc4c3)nc(-c3ccc4c(ccc5nc(-c6ccccc6)sc54)c3)n2)cc1. The van der Waals surface area contributed by atoms with Crippen LogP contribution in [0.2, 0.25) is 0 Å². The van der Waals surface area contributed by atoms with Crippen LogP contribution in [0.5, 0.6) is 0 Å². The lowest BCUT2D eigenvalue weighted by Crippen LogP contribution is -2.00. The van der Waals surface area contributed by atoms with Crippen LogP contribution in [0.15, 0.2) is 133 Å². The van der Waals surface area contributed by atoms with Crippen molar-refractivity contribution in [3.8, 4) is 44.7 Å². The largest absolute Gasteiger partial charge is 0.236 e. The standard InChI is InChI=1S/C36H22N4S/c1-3-10-24(11-4-1)33-38-34(28-16-15-23-9-7-8-14-26(23)21-28)40-35(39-33)29-17-19-30-27(22-29)18-20-31-32(30)41-36(37-31)25-12-5-2-6-13-25/h1-22H. The minimum Gasteiger partial charge on any atom is -0.236 e. The Balaban J connectivity index is 1.28. The minimum absolute atomic E-state index is 0.651. The van der Waals surface area contributed by atoms with E-state index < -0.39 is 0 Å². The summed E-state index contributed by atoms with van der Waals surface area (Å²) in [6.45, 7) is 0. The van der Waals surface area contributed by atoms with Crippen LogP contribution in [-0.2, 0) is 0 Å². The van der Waals surface area contributed by atoms with Gasteiger partial charge in [0, 0.05) is 27.6 Å². The third-order valence-electron chi connectivity index (χ3n) is 7.32. The van der Waals surface area contributed by atoms with Gasteiger partial charge in [-0.15, -0.1) is 11.3 Å². The van der Waals surface area contributed by atoms with Gasteiger partial charge in [-0.2, -0.15) is 0 Å². The quantitative estimate of drug-likeness (QED) is 0.222. The maximum absolute atomic E-state index is 4.99. The third-order valence-corrected chi connectivity index (χ3v) is 8.48. The molecule has 41 heavy (non-hydrogen) atoms. The average molecular weight is 543 g/mol. The Bertz CT molecular complexity index is 2210. The van der Waals surface area contributed by atoms with E-state index in [-0.39, 0.29) is 0 Å². The summed E-state index contributed by atoms with van der Waals surface area (Å²) >= 11 is 1.73. The van der Waals surface area contributed by atoms with E-state index in [9.17, 15) is 0 Å². The van der Waals surface area contributed by atoms with Gasteiger partial charge in [0.2, 0.25) is 0 Å². The Morgan fingerprint density at radius 1 is 0.390 bits per heavy atom. The number of benzene rings is 6. The molecular formula is C36H22N4S. The summed E-state index contributed by atoms with van der Waals surface area (Å²) in [5.74, 6) is 1.97. The van der Waals surface area contributed by atoms with Gasteiger partial charge in [0.05, 0.1) is 10.2 Å². The fraction of sp³-hybridized carbons (Fsp3) is 0. The molecule has 2 aromatic heterocycles. The summed E-state index contributed by atoms with van der Waals surface area (Å²) in [6.07, 6.45) is 0. The molecular weight excluding hydrogens is 520 g/mol. The molecule has 0 spiro atoms. The molecule has 2 heterocycles. The van der Waals surface area contributed by atoms with Crippen LogP contribution < -0.4 is 0 Å². The number of nitrogens with zero attached hydrogens (tertiary/aromatic N) is 4. The van der Waals surface area contributed by atoms with Crippen molar-refractivity contribution in [2.45, 2.75) is 0 Å². The summed E-state index contributed by atoms with van der Waals surface area (Å²) in [7, 11) is 0. The zero-order chi connectivity index (χ0) is 27.2. The molecule has 0 aliphatic heterocycles. The molecule has 0 bridgehead atoms. The summed E-state index contributed by atoms with van der Waals surface area (Å²) in [5.41, 5.74) is 5.02. The Morgan fingerprint density at radius 3 is 1.68 bits per heavy atom. The predicted molar refractivity (Wildman–Crippen MR) is 170 cm³/mol. The molecule has 0 N–H and O–H groups in total. The second-order valence-electron chi connectivity index (χ2n) is 9.97. The van der Waals surface area contributed by atoms with Gasteiger partial charge in [-0.05, 0) is 34.4 Å². The zero-order valence-electron chi connectivity index (χ0n) is 21.9. The van der Waals surface area contributed by atoms with Crippen LogP contribution >= 0.6 is 11.3 Å². The van der Waals surface area contributed by atoms with E-state index in [1.165, 1.54) is 15.5 Å². The molecule has 5 heteroatoms. The van der Waals surface area contributed by atoms with Crippen molar-refractivity contribution in [3.63, 3.8) is 0 Å². The highest BCUT2D eigenvalue weighted by Gasteiger charge is 2.15. The van der Waals surface area contributed by atoms with Crippen molar-refractivity contribution >= 4 is 43.1 Å². The van der Waals surface area contributed by atoms with Gasteiger partial charge in [-0.1, -0.05) is 115 Å². The van der Waals surface area contributed by atoms with Gasteiger partial charge >= 0.3 is 0 Å². The number of aromatic nitrogens is 4. The lowest BCUT2D eigenvalue weighted by molar-refractivity contribution is 1.08. The van der Waals surface area contributed by atoms with Crippen molar-refractivity contribution in [2.75, 3.05) is 0 Å². The molecule has 192 valence electrons. The molecule has 0 amide bonds. The number of hydrogen-bond donors (Lipinski definition) is 0.